The second kappa shape index (κ2) is 5.65. The first-order chi connectivity index (χ1) is 10.6. The van der Waals surface area contributed by atoms with E-state index >= 15 is 0 Å². The molecule has 0 amide bonds. The highest BCUT2D eigenvalue weighted by atomic mass is 16.3. The van der Waals surface area contributed by atoms with Gasteiger partial charge in [0.05, 0.1) is 11.6 Å². The van der Waals surface area contributed by atoms with Crippen molar-refractivity contribution in [2.75, 3.05) is 0 Å². The summed E-state index contributed by atoms with van der Waals surface area (Å²) < 4.78 is 6.00. The summed E-state index contributed by atoms with van der Waals surface area (Å²) in [6.45, 7) is 6.31. The molecule has 0 unspecified atom stereocenters. The molecule has 0 aliphatic carbocycles. The highest BCUT2D eigenvalue weighted by molar-refractivity contribution is 5.81. The van der Waals surface area contributed by atoms with Crippen LogP contribution in [-0.4, -0.2) is 4.98 Å². The second-order valence-corrected chi connectivity index (χ2v) is 5.75. The molecule has 1 aromatic heterocycles. The molecule has 3 heteroatoms. The van der Waals surface area contributed by atoms with Crippen LogP contribution in [-0.2, 0) is 6.42 Å². The van der Waals surface area contributed by atoms with Gasteiger partial charge in [0.2, 0.25) is 5.89 Å². The molecule has 0 aliphatic heterocycles. The smallest absolute Gasteiger partial charge is 0.227 e. The van der Waals surface area contributed by atoms with Gasteiger partial charge in [-0.05, 0) is 42.2 Å². The summed E-state index contributed by atoms with van der Waals surface area (Å²) in [5, 5.41) is 9.18. The van der Waals surface area contributed by atoms with Crippen LogP contribution in [0, 0.1) is 11.3 Å². The lowest BCUT2D eigenvalue weighted by Gasteiger charge is -2.05. The molecule has 22 heavy (non-hydrogen) atoms. The van der Waals surface area contributed by atoms with Crippen LogP contribution in [0.3, 0.4) is 0 Å². The van der Waals surface area contributed by atoms with Crippen LogP contribution < -0.4 is 0 Å². The third-order valence-electron chi connectivity index (χ3n) is 3.88. The van der Waals surface area contributed by atoms with E-state index in [9.17, 15) is 5.26 Å². The van der Waals surface area contributed by atoms with Crippen LogP contribution in [0.25, 0.3) is 22.6 Å². The molecule has 0 radical (unpaired) electrons. The Balaban J connectivity index is 2.16. The number of nitriles is 1. The van der Waals surface area contributed by atoms with Gasteiger partial charge in [-0.25, -0.2) is 4.98 Å². The summed E-state index contributed by atoms with van der Waals surface area (Å²) >= 11 is 0. The van der Waals surface area contributed by atoms with Crippen molar-refractivity contribution in [2.24, 2.45) is 0 Å². The van der Waals surface area contributed by atoms with Crippen LogP contribution in [0.15, 0.2) is 40.8 Å². The Labute approximate surface area is 130 Å². The fourth-order valence-corrected chi connectivity index (χ4v) is 2.56. The summed E-state index contributed by atoms with van der Waals surface area (Å²) in [4.78, 5) is 4.57. The SMILES string of the molecule is CCc1ccc(-c2nc3cc(C#N)cc(C(C)C)c3o2)cc1. The fraction of sp³-hybridized carbons (Fsp3) is 0.263. The zero-order chi connectivity index (χ0) is 15.7. The zero-order valence-corrected chi connectivity index (χ0v) is 13.1. The number of hydrogen-bond acceptors (Lipinski definition) is 3. The predicted octanol–water partition coefficient (Wildman–Crippen LogP) is 5.05. The number of rotatable bonds is 3. The number of fused-ring (bicyclic) bond motifs is 1. The number of aryl methyl sites for hydroxylation is 1. The lowest BCUT2D eigenvalue weighted by atomic mass is 10.00. The summed E-state index contributed by atoms with van der Waals surface area (Å²) in [5.41, 5.74) is 5.42. The Morgan fingerprint density at radius 3 is 2.50 bits per heavy atom. The largest absolute Gasteiger partial charge is 0.436 e. The van der Waals surface area contributed by atoms with Gasteiger partial charge >= 0.3 is 0 Å². The molecule has 1 heterocycles. The first kappa shape index (κ1) is 14.3. The molecular formula is C19H18N2O. The van der Waals surface area contributed by atoms with E-state index in [1.807, 2.05) is 18.2 Å². The maximum absolute atomic E-state index is 9.18. The summed E-state index contributed by atoms with van der Waals surface area (Å²) in [6, 6.07) is 14.1. The minimum Gasteiger partial charge on any atom is -0.436 e. The fourth-order valence-electron chi connectivity index (χ4n) is 2.56. The molecule has 0 saturated heterocycles. The molecule has 3 nitrogen and oxygen atoms in total. The molecule has 0 atom stereocenters. The minimum atomic E-state index is 0.277. The van der Waals surface area contributed by atoms with Gasteiger partial charge in [-0.15, -0.1) is 0 Å². The molecule has 0 spiro atoms. The standard InChI is InChI=1S/C19H18N2O/c1-4-13-5-7-15(8-6-13)19-21-17-10-14(11-20)9-16(12(2)3)18(17)22-19/h5-10,12H,4H2,1-3H3. The highest BCUT2D eigenvalue weighted by Crippen LogP contribution is 2.31. The summed E-state index contributed by atoms with van der Waals surface area (Å²) in [6.07, 6.45) is 1.01. The van der Waals surface area contributed by atoms with E-state index in [1.54, 1.807) is 6.07 Å². The van der Waals surface area contributed by atoms with Crippen molar-refractivity contribution in [3.63, 3.8) is 0 Å². The van der Waals surface area contributed by atoms with E-state index in [4.69, 9.17) is 4.42 Å². The predicted molar refractivity (Wildman–Crippen MR) is 87.6 cm³/mol. The van der Waals surface area contributed by atoms with Crippen LogP contribution >= 0.6 is 0 Å². The van der Waals surface area contributed by atoms with Crippen molar-refractivity contribution in [1.82, 2.24) is 4.98 Å². The Morgan fingerprint density at radius 1 is 1.18 bits per heavy atom. The van der Waals surface area contributed by atoms with E-state index in [-0.39, 0.29) is 5.92 Å². The Kier molecular flexibility index (Phi) is 3.68. The van der Waals surface area contributed by atoms with Gasteiger partial charge in [0.1, 0.15) is 5.52 Å². The summed E-state index contributed by atoms with van der Waals surface area (Å²) in [5.74, 6) is 0.883. The molecule has 0 saturated carbocycles. The maximum atomic E-state index is 9.18. The van der Waals surface area contributed by atoms with Gasteiger partial charge in [-0.2, -0.15) is 5.26 Å². The quantitative estimate of drug-likeness (QED) is 0.678. The number of oxazole rings is 1. The van der Waals surface area contributed by atoms with Crippen molar-refractivity contribution in [2.45, 2.75) is 33.1 Å². The molecule has 0 bridgehead atoms. The van der Waals surface area contributed by atoms with Gasteiger partial charge in [-0.1, -0.05) is 32.9 Å². The van der Waals surface area contributed by atoms with E-state index in [0.29, 0.717) is 11.5 Å². The van der Waals surface area contributed by atoms with Gasteiger partial charge in [0, 0.05) is 11.1 Å². The molecule has 2 aromatic carbocycles. The van der Waals surface area contributed by atoms with Crippen LogP contribution in [0.1, 0.15) is 43.4 Å². The average molecular weight is 290 g/mol. The molecule has 0 N–H and O–H groups in total. The lowest BCUT2D eigenvalue weighted by molar-refractivity contribution is 0.611. The number of aromatic nitrogens is 1. The van der Waals surface area contributed by atoms with Crippen molar-refractivity contribution in [3.05, 3.63) is 53.1 Å². The Hall–Kier alpha value is -2.60. The first-order valence-corrected chi connectivity index (χ1v) is 7.56. The van der Waals surface area contributed by atoms with Crippen molar-refractivity contribution >= 4 is 11.1 Å². The third-order valence-corrected chi connectivity index (χ3v) is 3.88. The minimum absolute atomic E-state index is 0.277. The van der Waals surface area contributed by atoms with Crippen molar-refractivity contribution in [3.8, 4) is 17.5 Å². The van der Waals surface area contributed by atoms with Gasteiger partial charge in [-0.3, -0.25) is 0 Å². The van der Waals surface area contributed by atoms with Gasteiger partial charge in [0.15, 0.2) is 5.58 Å². The molecule has 0 fully saturated rings. The number of benzene rings is 2. The van der Waals surface area contributed by atoms with E-state index in [0.717, 1.165) is 28.6 Å². The van der Waals surface area contributed by atoms with Crippen LogP contribution in [0.5, 0.6) is 0 Å². The zero-order valence-electron chi connectivity index (χ0n) is 13.1. The lowest BCUT2D eigenvalue weighted by Crippen LogP contribution is -1.89. The summed E-state index contributed by atoms with van der Waals surface area (Å²) in [7, 11) is 0. The first-order valence-electron chi connectivity index (χ1n) is 7.56. The monoisotopic (exact) mass is 290 g/mol. The maximum Gasteiger partial charge on any atom is 0.227 e. The number of hydrogen-bond donors (Lipinski definition) is 0. The van der Waals surface area contributed by atoms with E-state index in [1.165, 1.54) is 5.56 Å². The van der Waals surface area contributed by atoms with E-state index < -0.39 is 0 Å². The van der Waals surface area contributed by atoms with E-state index in [2.05, 4.69) is 44.0 Å². The van der Waals surface area contributed by atoms with Gasteiger partial charge < -0.3 is 4.42 Å². The average Bonchev–Trinajstić information content (AvgIpc) is 2.97. The second-order valence-electron chi connectivity index (χ2n) is 5.75. The third kappa shape index (κ3) is 2.48. The van der Waals surface area contributed by atoms with Crippen molar-refractivity contribution < 1.29 is 4.42 Å². The van der Waals surface area contributed by atoms with Crippen LogP contribution in [0.4, 0.5) is 0 Å². The molecule has 3 aromatic rings. The Bertz CT molecular complexity index is 852. The molecular weight excluding hydrogens is 272 g/mol. The molecule has 110 valence electrons. The number of nitrogens with zero attached hydrogens (tertiary/aromatic N) is 2. The van der Waals surface area contributed by atoms with Gasteiger partial charge in [0.25, 0.3) is 0 Å². The molecule has 0 aliphatic rings. The molecule has 3 rings (SSSR count). The van der Waals surface area contributed by atoms with Crippen LogP contribution in [0.2, 0.25) is 0 Å². The highest BCUT2D eigenvalue weighted by Gasteiger charge is 2.15. The normalized spacial score (nSPS) is 11.0. The van der Waals surface area contributed by atoms with Crippen molar-refractivity contribution in [1.29, 1.82) is 5.26 Å². The Morgan fingerprint density at radius 2 is 1.91 bits per heavy atom. The topological polar surface area (TPSA) is 49.8 Å².